The number of hydrogen-bond acceptors (Lipinski definition) is 10. The summed E-state index contributed by atoms with van der Waals surface area (Å²) >= 11 is 0. The van der Waals surface area contributed by atoms with E-state index in [1.54, 1.807) is 6.08 Å². The molecule has 11 heteroatoms. The topological polar surface area (TPSA) is 175 Å². The zero-order chi connectivity index (χ0) is 64.6. The first-order valence-electron chi connectivity index (χ1n) is 36.7. The molecule has 0 saturated carbocycles. The monoisotopic (exact) mass is 1250 g/mol. The van der Waals surface area contributed by atoms with Crippen LogP contribution in [0.1, 0.15) is 310 Å². The quantitative estimate of drug-likeness (QED) is 0.0195. The van der Waals surface area contributed by atoms with Gasteiger partial charge in [-0.2, -0.15) is 0 Å². The summed E-state index contributed by atoms with van der Waals surface area (Å²) in [5.74, 6) is -1.20. The van der Waals surface area contributed by atoms with Crippen molar-refractivity contribution in [2.45, 2.75) is 359 Å². The molecule has 0 radical (unpaired) electrons. The van der Waals surface area contributed by atoms with Crippen LogP contribution in [0.5, 0.6) is 0 Å². The lowest BCUT2D eigenvalue weighted by Crippen LogP contribution is -2.61. The predicted molar refractivity (Wildman–Crippen MR) is 375 cm³/mol. The molecule has 8 unspecified atom stereocenters. The highest BCUT2D eigenvalue weighted by atomic mass is 16.7. The van der Waals surface area contributed by atoms with Crippen molar-refractivity contribution in [1.82, 2.24) is 5.32 Å². The minimum absolute atomic E-state index is 0.114. The molecule has 1 rings (SSSR count). The van der Waals surface area contributed by atoms with Crippen LogP contribution in [0.25, 0.3) is 0 Å². The molecule has 0 aromatic carbocycles. The van der Waals surface area contributed by atoms with Crippen LogP contribution in [0.3, 0.4) is 0 Å². The molecule has 0 spiro atoms. The van der Waals surface area contributed by atoms with Crippen molar-refractivity contribution in [1.29, 1.82) is 0 Å². The molecule has 0 aromatic rings. The molecule has 1 saturated heterocycles. The van der Waals surface area contributed by atoms with Crippen LogP contribution < -0.4 is 5.32 Å². The Morgan fingerprint density at radius 3 is 1.24 bits per heavy atom. The summed E-state index contributed by atoms with van der Waals surface area (Å²) in [5, 5.41) is 57.3. The number of aliphatic hydroxyl groups is 5. The van der Waals surface area contributed by atoms with Crippen molar-refractivity contribution >= 4 is 11.9 Å². The molecule has 11 nitrogen and oxygen atoms in total. The van der Waals surface area contributed by atoms with Crippen LogP contribution in [-0.2, 0) is 23.8 Å². The molecular weight excluding hydrogens is 1110 g/mol. The average molecular weight is 1250 g/mol. The maximum atomic E-state index is 13.5. The fraction of sp³-hybridized carbons (Fsp3) is 0.744. The van der Waals surface area contributed by atoms with Gasteiger partial charge in [0.15, 0.2) is 12.4 Å². The second kappa shape index (κ2) is 64.4. The smallest absolute Gasteiger partial charge is 0.306 e. The molecule has 0 aromatic heterocycles. The number of allylic oxidation sites excluding steroid dienone is 17. The molecule has 1 heterocycles. The highest BCUT2D eigenvalue weighted by Gasteiger charge is 2.47. The first-order valence-corrected chi connectivity index (χ1v) is 36.7. The third-order valence-corrected chi connectivity index (χ3v) is 16.7. The Morgan fingerprint density at radius 1 is 0.449 bits per heavy atom. The molecule has 0 aliphatic carbocycles. The van der Waals surface area contributed by atoms with Crippen molar-refractivity contribution in [3.8, 4) is 0 Å². The van der Waals surface area contributed by atoms with Crippen LogP contribution >= 0.6 is 0 Å². The molecule has 0 bridgehead atoms. The van der Waals surface area contributed by atoms with Gasteiger partial charge in [0.25, 0.3) is 0 Å². The molecular formula is C78H135NO10. The maximum absolute atomic E-state index is 13.5. The van der Waals surface area contributed by atoms with Crippen LogP contribution in [-0.4, -0.2) is 99.6 Å². The highest BCUT2D eigenvalue weighted by molar-refractivity contribution is 5.80. The van der Waals surface area contributed by atoms with E-state index in [1.165, 1.54) is 141 Å². The minimum Gasteiger partial charge on any atom is -0.454 e. The number of rotatable bonds is 62. The molecule has 8 atom stereocenters. The van der Waals surface area contributed by atoms with E-state index in [2.05, 4.69) is 123 Å². The third kappa shape index (κ3) is 51.5. The summed E-state index contributed by atoms with van der Waals surface area (Å²) in [6.07, 6.45) is 78.3. The maximum Gasteiger partial charge on any atom is 0.306 e. The Balaban J connectivity index is 2.59. The minimum atomic E-state index is -1.62. The summed E-state index contributed by atoms with van der Waals surface area (Å²) in [7, 11) is 0. The number of unbranched alkanes of at least 4 members (excludes halogenated alkanes) is 32. The second-order valence-electron chi connectivity index (χ2n) is 24.9. The van der Waals surface area contributed by atoms with E-state index < -0.39 is 67.4 Å². The van der Waals surface area contributed by atoms with E-state index in [0.29, 0.717) is 12.8 Å². The summed E-state index contributed by atoms with van der Waals surface area (Å²) in [6, 6.07) is -1.04. The molecule has 512 valence electrons. The van der Waals surface area contributed by atoms with Crippen LogP contribution in [0.2, 0.25) is 0 Å². The predicted octanol–water partition coefficient (Wildman–Crippen LogP) is 19.2. The zero-order valence-electron chi connectivity index (χ0n) is 57.0. The van der Waals surface area contributed by atoms with Crippen molar-refractivity contribution in [2.75, 3.05) is 13.2 Å². The fourth-order valence-corrected chi connectivity index (χ4v) is 10.9. The van der Waals surface area contributed by atoms with Gasteiger partial charge in [-0.1, -0.05) is 304 Å². The molecule has 1 amide bonds. The molecule has 1 aliphatic rings. The molecule has 1 fully saturated rings. The second-order valence-corrected chi connectivity index (χ2v) is 24.9. The number of nitrogens with one attached hydrogen (secondary N) is 1. The first-order chi connectivity index (χ1) is 43.7. The van der Waals surface area contributed by atoms with Gasteiger partial charge in [-0.3, -0.25) is 9.59 Å². The largest absolute Gasteiger partial charge is 0.454 e. The van der Waals surface area contributed by atoms with Crippen molar-refractivity contribution in [3.63, 3.8) is 0 Å². The Morgan fingerprint density at radius 2 is 0.809 bits per heavy atom. The van der Waals surface area contributed by atoms with Crippen molar-refractivity contribution < 1.29 is 49.3 Å². The Kier molecular flexibility index (Phi) is 60.3. The van der Waals surface area contributed by atoms with Gasteiger partial charge in [-0.25, -0.2) is 0 Å². The van der Waals surface area contributed by atoms with Gasteiger partial charge in [0.1, 0.15) is 24.4 Å². The highest BCUT2D eigenvalue weighted by Crippen LogP contribution is 2.26. The Labute approximate surface area is 545 Å². The number of aliphatic hydroxyl groups excluding tert-OH is 5. The van der Waals surface area contributed by atoms with E-state index in [9.17, 15) is 35.1 Å². The van der Waals surface area contributed by atoms with Gasteiger partial charge in [0.05, 0.1) is 25.4 Å². The lowest BCUT2D eigenvalue weighted by molar-refractivity contribution is -0.305. The molecule has 6 N–H and O–H groups in total. The van der Waals surface area contributed by atoms with Crippen molar-refractivity contribution in [2.24, 2.45) is 0 Å². The summed E-state index contributed by atoms with van der Waals surface area (Å²) in [5.41, 5.74) is 0. The number of ether oxygens (including phenoxy) is 3. The van der Waals surface area contributed by atoms with Gasteiger partial charge < -0.3 is 45.1 Å². The van der Waals surface area contributed by atoms with Crippen LogP contribution in [0.15, 0.2) is 109 Å². The number of amides is 1. The number of carbonyl (C=O) groups is 2. The average Bonchev–Trinajstić information content (AvgIpc) is 3.11. The normalized spacial score (nSPS) is 18.8. The van der Waals surface area contributed by atoms with Gasteiger partial charge >= 0.3 is 5.97 Å². The third-order valence-electron chi connectivity index (χ3n) is 16.7. The molecule has 1 aliphatic heterocycles. The summed E-state index contributed by atoms with van der Waals surface area (Å²) in [6.45, 7) is 5.67. The van der Waals surface area contributed by atoms with E-state index >= 15 is 0 Å². The van der Waals surface area contributed by atoms with Gasteiger partial charge in [0, 0.05) is 6.42 Å². The summed E-state index contributed by atoms with van der Waals surface area (Å²) in [4.78, 5) is 26.7. The number of hydrogen-bond donors (Lipinski definition) is 6. The lowest BCUT2D eigenvalue weighted by Gasteiger charge is -2.41. The first kappa shape index (κ1) is 83.3. The van der Waals surface area contributed by atoms with E-state index in [0.717, 1.165) is 122 Å². The summed E-state index contributed by atoms with van der Waals surface area (Å²) < 4.78 is 17.7. The van der Waals surface area contributed by atoms with Gasteiger partial charge in [0.2, 0.25) is 5.91 Å². The van der Waals surface area contributed by atoms with E-state index in [1.807, 2.05) is 6.08 Å². The number of esters is 1. The van der Waals surface area contributed by atoms with Crippen molar-refractivity contribution in [3.05, 3.63) is 109 Å². The zero-order valence-corrected chi connectivity index (χ0v) is 57.0. The van der Waals surface area contributed by atoms with Gasteiger partial charge in [-0.15, -0.1) is 0 Å². The molecule has 89 heavy (non-hydrogen) atoms. The SMILES string of the molecule is CC/C=C\C/C=C\C/C=C\C/C=C\C/C=C\CCCCCCCCCCC(O)C(=O)NC(COC1OC(CO)C(O)C(O)C1OC(=O)CCCCCCCCCCCC/C=C\C/C=C\C/C=C\CCCCC)C(O)/C=C/CCCCCCCCCCCCC. The number of carbonyl (C=O) groups excluding carboxylic acids is 2. The standard InChI is InChI=1S/C78H135NO10/c1-4-7-10-13-16-19-22-25-27-29-31-33-35-37-38-40-42-44-47-50-53-56-59-62-65-71(82)77(86)79-69(70(81)64-61-58-55-52-49-46-24-21-18-15-12-9-6-3)68-87-78-76(75(85)74(84)72(67-80)88-78)89-73(83)66-63-60-57-54-51-48-45-43-41-39-36-34-32-30-28-26-23-20-17-14-11-8-5-2/h7,10,16-17,19-20,25-28,31-34,37-38,61,64,69-72,74-76,78,80-82,84-85H,4-6,8-9,11-15,18,21-24,29-30,35-36,39-60,62-63,65-68H2,1-3H3,(H,79,86)/b10-7-,19-16-,20-17-,27-25-,28-26-,33-31-,34-32-,38-37-,64-61+. The fourth-order valence-electron chi connectivity index (χ4n) is 10.9. The van der Waals surface area contributed by atoms with E-state index in [4.69, 9.17) is 14.2 Å². The van der Waals surface area contributed by atoms with E-state index in [-0.39, 0.29) is 19.4 Å². The lowest BCUT2D eigenvalue weighted by atomic mass is 9.99. The van der Waals surface area contributed by atoms with Gasteiger partial charge in [-0.05, 0) is 109 Å². The van der Waals surface area contributed by atoms with Crippen LogP contribution in [0.4, 0.5) is 0 Å². The Hall–Kier alpha value is -3.68. The Bertz CT molecular complexity index is 1870. The van der Waals surface area contributed by atoms with Crippen LogP contribution in [0, 0.1) is 0 Å².